The van der Waals surface area contributed by atoms with Crippen molar-refractivity contribution in [2.75, 3.05) is 42.5 Å². The van der Waals surface area contributed by atoms with Crippen molar-refractivity contribution in [3.05, 3.63) is 53.8 Å². The van der Waals surface area contributed by atoms with Crippen molar-refractivity contribution in [3.8, 4) is 0 Å². The fourth-order valence-electron chi connectivity index (χ4n) is 4.96. The number of piperazine rings is 1. The van der Waals surface area contributed by atoms with Gasteiger partial charge in [0.25, 0.3) is 0 Å². The average molecular weight is 500 g/mol. The van der Waals surface area contributed by atoms with Crippen LogP contribution >= 0.6 is 0 Å². The number of para-hydroxylation sites is 1. The monoisotopic (exact) mass is 499 g/mol. The van der Waals surface area contributed by atoms with Gasteiger partial charge in [-0.15, -0.1) is 0 Å². The van der Waals surface area contributed by atoms with Crippen molar-refractivity contribution in [2.45, 2.75) is 42.8 Å². The Hall–Kier alpha value is -2.94. The summed E-state index contributed by atoms with van der Waals surface area (Å²) in [7, 11) is -3.71. The lowest BCUT2D eigenvalue weighted by Gasteiger charge is -2.36. The number of nitrogens with zero attached hydrogens (tertiary/aromatic N) is 3. The second-order valence-corrected chi connectivity index (χ2v) is 12.0. The number of anilines is 2. The average Bonchev–Trinajstić information content (AvgIpc) is 3.62. The lowest BCUT2D eigenvalue weighted by atomic mass is 10.2. The first-order chi connectivity index (χ1) is 16.8. The van der Waals surface area contributed by atoms with Crippen molar-refractivity contribution >= 4 is 33.0 Å². The highest BCUT2D eigenvalue weighted by molar-refractivity contribution is 7.92. The van der Waals surface area contributed by atoms with Crippen molar-refractivity contribution in [1.82, 2.24) is 4.90 Å². The molecule has 0 bridgehead atoms. The van der Waals surface area contributed by atoms with Gasteiger partial charge in [0, 0.05) is 50.7 Å². The summed E-state index contributed by atoms with van der Waals surface area (Å²) < 4.78 is 40.6. The minimum atomic E-state index is -3.71. The quantitative estimate of drug-likeness (QED) is 0.611. The van der Waals surface area contributed by atoms with E-state index in [1.807, 2.05) is 4.90 Å². The van der Waals surface area contributed by atoms with E-state index in [4.69, 9.17) is 0 Å². The zero-order valence-electron chi connectivity index (χ0n) is 19.8. The second-order valence-electron chi connectivity index (χ2n) is 9.68. The lowest BCUT2D eigenvalue weighted by molar-refractivity contribution is -0.131. The molecule has 3 aliphatic rings. The number of hydrogen-bond donors (Lipinski definition) is 0. The van der Waals surface area contributed by atoms with Crippen LogP contribution in [-0.4, -0.2) is 63.1 Å². The fourth-order valence-corrected chi connectivity index (χ4v) is 6.35. The molecule has 7 nitrogen and oxygen atoms in total. The van der Waals surface area contributed by atoms with Gasteiger partial charge in [0.15, 0.2) is 9.84 Å². The van der Waals surface area contributed by atoms with Crippen LogP contribution in [0.5, 0.6) is 0 Å². The van der Waals surface area contributed by atoms with E-state index in [0.29, 0.717) is 44.8 Å². The van der Waals surface area contributed by atoms with Gasteiger partial charge in [-0.05, 0) is 62.1 Å². The zero-order chi connectivity index (χ0) is 24.7. The molecule has 2 aromatic rings. The molecule has 186 valence electrons. The summed E-state index contributed by atoms with van der Waals surface area (Å²) >= 11 is 0. The highest BCUT2D eigenvalue weighted by Gasteiger charge is 2.37. The van der Waals surface area contributed by atoms with Gasteiger partial charge in [-0.2, -0.15) is 0 Å². The summed E-state index contributed by atoms with van der Waals surface area (Å²) in [5.74, 6) is -0.254. The molecule has 1 atom stereocenters. The normalized spacial score (nSPS) is 19.0. The second kappa shape index (κ2) is 9.26. The van der Waals surface area contributed by atoms with E-state index < -0.39 is 15.1 Å². The predicted octanol–water partition coefficient (Wildman–Crippen LogP) is 3.03. The molecule has 2 heterocycles. The molecule has 0 aromatic heterocycles. The maximum Gasteiger partial charge on any atom is 0.230 e. The molecule has 2 aliphatic heterocycles. The Morgan fingerprint density at radius 1 is 1.00 bits per heavy atom. The molecule has 1 saturated carbocycles. The van der Waals surface area contributed by atoms with E-state index in [9.17, 15) is 22.4 Å². The first-order valence-corrected chi connectivity index (χ1v) is 13.8. The Morgan fingerprint density at radius 3 is 2.40 bits per heavy atom. The van der Waals surface area contributed by atoms with Gasteiger partial charge < -0.3 is 14.7 Å². The van der Waals surface area contributed by atoms with E-state index in [1.54, 1.807) is 53.1 Å². The standard InChI is InChI=1S/C26H30FN3O4S/c1-18(16-25(31)29-14-12-28(13-15-29)24-5-3-2-4-22(24)27)35(33,34)21-8-9-23-20(17-21)10-11-30(23)26(32)19-6-7-19/h2-5,8-9,17-19H,6-7,10-16H2,1H3. The van der Waals surface area contributed by atoms with E-state index >= 15 is 0 Å². The number of hydrogen-bond acceptors (Lipinski definition) is 5. The zero-order valence-corrected chi connectivity index (χ0v) is 20.6. The third-order valence-corrected chi connectivity index (χ3v) is 9.42. The highest BCUT2D eigenvalue weighted by atomic mass is 32.2. The Bertz CT molecular complexity index is 1250. The molecule has 5 rings (SSSR count). The van der Waals surface area contributed by atoms with Crippen molar-refractivity contribution in [3.63, 3.8) is 0 Å². The summed E-state index contributed by atoms with van der Waals surface area (Å²) in [6.07, 6.45) is 2.39. The third-order valence-electron chi connectivity index (χ3n) is 7.28. The van der Waals surface area contributed by atoms with E-state index in [-0.39, 0.29) is 34.9 Å². The molecular weight excluding hydrogens is 469 g/mol. The molecule has 0 N–H and O–H groups in total. The van der Waals surface area contributed by atoms with Gasteiger partial charge >= 0.3 is 0 Å². The van der Waals surface area contributed by atoms with Crippen LogP contribution in [0.15, 0.2) is 47.4 Å². The maximum atomic E-state index is 14.1. The van der Waals surface area contributed by atoms with Crippen molar-refractivity contribution < 1.29 is 22.4 Å². The fraction of sp³-hybridized carbons (Fsp3) is 0.462. The van der Waals surface area contributed by atoms with Gasteiger partial charge in [-0.25, -0.2) is 12.8 Å². The Kier molecular flexibility index (Phi) is 6.29. The number of halogens is 1. The van der Waals surface area contributed by atoms with Gasteiger partial charge in [-0.1, -0.05) is 12.1 Å². The van der Waals surface area contributed by atoms with Crippen LogP contribution in [0.25, 0.3) is 0 Å². The van der Waals surface area contributed by atoms with Crippen LogP contribution < -0.4 is 9.80 Å². The number of carbonyl (C=O) groups excluding carboxylic acids is 2. The molecule has 2 fully saturated rings. The van der Waals surface area contributed by atoms with Crippen LogP contribution in [0.4, 0.5) is 15.8 Å². The smallest absolute Gasteiger partial charge is 0.230 e. The summed E-state index contributed by atoms with van der Waals surface area (Å²) in [6.45, 7) is 3.98. The van der Waals surface area contributed by atoms with Crippen LogP contribution in [0, 0.1) is 11.7 Å². The number of benzene rings is 2. The molecule has 1 aliphatic carbocycles. The third kappa shape index (κ3) is 4.66. The first-order valence-electron chi connectivity index (χ1n) is 12.2. The highest BCUT2D eigenvalue weighted by Crippen LogP contribution is 2.37. The van der Waals surface area contributed by atoms with Crippen LogP contribution in [0.2, 0.25) is 0 Å². The maximum absolute atomic E-state index is 14.1. The molecule has 1 unspecified atom stereocenters. The molecule has 9 heteroatoms. The van der Waals surface area contributed by atoms with Crippen LogP contribution in [0.3, 0.4) is 0 Å². The number of amides is 2. The molecule has 35 heavy (non-hydrogen) atoms. The molecule has 2 amide bonds. The first kappa shape index (κ1) is 23.8. The molecule has 2 aromatic carbocycles. The largest absolute Gasteiger partial charge is 0.366 e. The van der Waals surface area contributed by atoms with Crippen molar-refractivity contribution in [1.29, 1.82) is 0 Å². The number of carbonyl (C=O) groups is 2. The van der Waals surface area contributed by atoms with Crippen LogP contribution in [-0.2, 0) is 25.8 Å². The molecule has 0 radical (unpaired) electrons. The molecular formula is C26H30FN3O4S. The minimum absolute atomic E-state index is 0.106. The summed E-state index contributed by atoms with van der Waals surface area (Å²) in [4.78, 5) is 30.9. The van der Waals surface area contributed by atoms with Crippen LogP contribution in [0.1, 0.15) is 31.7 Å². The molecule has 0 spiro atoms. The van der Waals surface area contributed by atoms with Gasteiger partial charge in [0.1, 0.15) is 5.82 Å². The molecule has 1 saturated heterocycles. The minimum Gasteiger partial charge on any atom is -0.366 e. The van der Waals surface area contributed by atoms with Gasteiger partial charge in [-0.3, -0.25) is 9.59 Å². The van der Waals surface area contributed by atoms with Crippen molar-refractivity contribution in [2.24, 2.45) is 5.92 Å². The lowest BCUT2D eigenvalue weighted by Crippen LogP contribution is -2.49. The summed E-state index contributed by atoms with van der Waals surface area (Å²) in [6, 6.07) is 11.5. The topological polar surface area (TPSA) is 78.0 Å². The summed E-state index contributed by atoms with van der Waals surface area (Å²) in [5.41, 5.74) is 2.18. The van der Waals surface area contributed by atoms with Gasteiger partial charge in [0.05, 0.1) is 15.8 Å². The SMILES string of the molecule is CC(CC(=O)N1CCN(c2ccccc2F)CC1)S(=O)(=O)c1ccc2c(c1)CCN2C(=O)C1CC1. The van der Waals surface area contributed by atoms with Gasteiger partial charge in [0.2, 0.25) is 11.8 Å². The Labute approximate surface area is 205 Å². The van der Waals surface area contributed by atoms with E-state index in [0.717, 1.165) is 24.1 Å². The Balaban J connectivity index is 1.21. The number of fused-ring (bicyclic) bond motifs is 1. The van der Waals surface area contributed by atoms with E-state index in [1.165, 1.54) is 6.07 Å². The number of sulfone groups is 1. The Morgan fingerprint density at radius 2 is 1.71 bits per heavy atom. The summed E-state index contributed by atoms with van der Waals surface area (Å²) in [5, 5.41) is -0.872. The predicted molar refractivity (Wildman–Crippen MR) is 132 cm³/mol. The van der Waals surface area contributed by atoms with E-state index in [2.05, 4.69) is 0 Å². The number of rotatable bonds is 6.